The van der Waals surface area contributed by atoms with Crippen molar-refractivity contribution in [2.24, 2.45) is 5.73 Å². The van der Waals surface area contributed by atoms with E-state index >= 15 is 0 Å². The van der Waals surface area contributed by atoms with E-state index in [4.69, 9.17) is 18.0 Å². The highest BCUT2D eigenvalue weighted by Crippen LogP contribution is 2.04. The van der Waals surface area contributed by atoms with Crippen molar-refractivity contribution in [2.45, 2.75) is 11.8 Å². The van der Waals surface area contributed by atoms with Crippen LogP contribution in [-0.4, -0.2) is 10.5 Å². The maximum absolute atomic E-state index is 5.32. The lowest BCUT2D eigenvalue weighted by molar-refractivity contribution is 0.814. The Labute approximate surface area is 88.9 Å². The van der Waals surface area contributed by atoms with Gasteiger partial charge in [-0.15, -0.1) is 0 Å². The first-order valence-corrected chi connectivity index (χ1v) is 4.89. The van der Waals surface area contributed by atoms with Gasteiger partial charge in [0.15, 0.2) is 5.11 Å². The zero-order valence-electron chi connectivity index (χ0n) is 7.10. The van der Waals surface area contributed by atoms with Crippen molar-refractivity contribution >= 4 is 30.0 Å². The highest BCUT2D eigenvalue weighted by molar-refractivity contribution is 7.81. The molecular weight excluding hydrogens is 200 g/mol. The summed E-state index contributed by atoms with van der Waals surface area (Å²) in [5.41, 5.74) is 6.53. The maximum atomic E-state index is 5.32. The van der Waals surface area contributed by atoms with E-state index in [-0.39, 0.29) is 10.5 Å². The largest absolute Gasteiger partial charge is 0.376 e. The summed E-state index contributed by atoms with van der Waals surface area (Å²) < 4.78 is 0. The molecule has 4 heteroatoms. The lowest BCUT2D eigenvalue weighted by Crippen LogP contribution is -2.36. The Morgan fingerprint density at radius 1 is 1.46 bits per heavy atom. The minimum Gasteiger partial charge on any atom is -0.376 e. The molecule has 2 nitrogen and oxygen atoms in total. The van der Waals surface area contributed by atoms with Crippen molar-refractivity contribution in [3.8, 4) is 0 Å². The average Bonchev–Trinajstić information content (AvgIpc) is 2.04. The van der Waals surface area contributed by atoms with Gasteiger partial charge in [0.1, 0.15) is 0 Å². The SMILES string of the molecule is NC(=S)NC(S)Cc1ccccc1. The Bertz CT molecular complexity index is 274. The van der Waals surface area contributed by atoms with Crippen molar-refractivity contribution < 1.29 is 0 Å². The van der Waals surface area contributed by atoms with Crippen molar-refractivity contribution in [3.05, 3.63) is 35.9 Å². The number of thiocarbonyl (C=S) groups is 1. The van der Waals surface area contributed by atoms with E-state index in [1.165, 1.54) is 5.56 Å². The van der Waals surface area contributed by atoms with Crippen LogP contribution in [0.1, 0.15) is 5.56 Å². The number of rotatable bonds is 3. The summed E-state index contributed by atoms with van der Waals surface area (Å²) in [6.45, 7) is 0. The Morgan fingerprint density at radius 3 is 2.62 bits per heavy atom. The first-order chi connectivity index (χ1) is 6.18. The molecule has 0 heterocycles. The third-order valence-corrected chi connectivity index (χ3v) is 2.01. The molecule has 0 saturated carbocycles. The minimum absolute atomic E-state index is 0.0140. The molecule has 1 atom stereocenters. The van der Waals surface area contributed by atoms with Gasteiger partial charge >= 0.3 is 0 Å². The fraction of sp³-hybridized carbons (Fsp3) is 0.222. The standard InChI is InChI=1S/C9H12N2S2/c10-9(13)11-8(12)6-7-4-2-1-3-5-7/h1-5,8,12H,6H2,(H3,10,11,13). The molecule has 0 aliphatic rings. The van der Waals surface area contributed by atoms with E-state index in [1.54, 1.807) is 0 Å². The van der Waals surface area contributed by atoms with Crippen LogP contribution in [0.25, 0.3) is 0 Å². The Balaban J connectivity index is 2.45. The third kappa shape index (κ3) is 4.15. The predicted molar refractivity (Wildman–Crippen MR) is 62.8 cm³/mol. The fourth-order valence-corrected chi connectivity index (χ4v) is 1.63. The van der Waals surface area contributed by atoms with Gasteiger partial charge in [-0.25, -0.2) is 0 Å². The topological polar surface area (TPSA) is 38.0 Å². The van der Waals surface area contributed by atoms with E-state index in [2.05, 4.69) is 17.9 Å². The summed E-state index contributed by atoms with van der Waals surface area (Å²) in [6.07, 6.45) is 0.807. The van der Waals surface area contributed by atoms with Crippen LogP contribution in [0.2, 0.25) is 0 Å². The second-order valence-corrected chi connectivity index (χ2v) is 3.78. The molecule has 1 unspecified atom stereocenters. The van der Waals surface area contributed by atoms with Gasteiger partial charge in [0.2, 0.25) is 0 Å². The van der Waals surface area contributed by atoms with Crippen molar-refractivity contribution in [2.75, 3.05) is 0 Å². The summed E-state index contributed by atoms with van der Waals surface area (Å²) in [7, 11) is 0. The van der Waals surface area contributed by atoms with E-state index in [1.807, 2.05) is 30.3 Å². The van der Waals surface area contributed by atoms with Crippen LogP contribution in [-0.2, 0) is 6.42 Å². The molecule has 1 rings (SSSR count). The highest BCUT2D eigenvalue weighted by atomic mass is 32.1. The molecule has 0 bridgehead atoms. The van der Waals surface area contributed by atoms with Gasteiger partial charge in [0.05, 0.1) is 5.37 Å². The van der Waals surface area contributed by atoms with E-state index in [0.717, 1.165) is 6.42 Å². The quantitative estimate of drug-likeness (QED) is 0.402. The number of nitrogens with two attached hydrogens (primary N) is 1. The predicted octanol–water partition coefficient (Wildman–Crippen LogP) is 1.32. The second-order valence-electron chi connectivity index (χ2n) is 2.71. The normalized spacial score (nSPS) is 12.1. The summed E-state index contributed by atoms with van der Waals surface area (Å²) in [4.78, 5) is 0. The number of hydrogen-bond donors (Lipinski definition) is 3. The molecule has 0 spiro atoms. The van der Waals surface area contributed by atoms with Gasteiger partial charge < -0.3 is 11.1 Å². The van der Waals surface area contributed by atoms with Gasteiger partial charge in [-0.3, -0.25) is 0 Å². The second kappa shape index (κ2) is 5.09. The van der Waals surface area contributed by atoms with E-state index in [0.29, 0.717) is 0 Å². The van der Waals surface area contributed by atoms with Crippen LogP contribution in [0.3, 0.4) is 0 Å². The van der Waals surface area contributed by atoms with Gasteiger partial charge in [0, 0.05) is 6.42 Å². The number of benzene rings is 1. The molecule has 0 aromatic heterocycles. The summed E-state index contributed by atoms with van der Waals surface area (Å²) in [5, 5.41) is 3.14. The van der Waals surface area contributed by atoms with Crippen molar-refractivity contribution in [1.82, 2.24) is 5.32 Å². The molecule has 1 aromatic rings. The molecule has 0 amide bonds. The number of nitrogens with one attached hydrogen (secondary N) is 1. The lowest BCUT2D eigenvalue weighted by Gasteiger charge is -2.12. The molecule has 70 valence electrons. The smallest absolute Gasteiger partial charge is 0.164 e. The molecule has 0 saturated heterocycles. The molecule has 3 N–H and O–H groups in total. The monoisotopic (exact) mass is 212 g/mol. The molecule has 1 aromatic carbocycles. The van der Waals surface area contributed by atoms with Gasteiger partial charge in [0.25, 0.3) is 0 Å². The average molecular weight is 212 g/mol. The summed E-state index contributed by atoms with van der Waals surface area (Å²) in [6, 6.07) is 10.1. The van der Waals surface area contributed by atoms with Gasteiger partial charge in [-0.2, -0.15) is 12.6 Å². The van der Waals surface area contributed by atoms with Crippen LogP contribution >= 0.6 is 24.8 Å². The molecule has 0 radical (unpaired) electrons. The molecular formula is C9H12N2S2. The van der Waals surface area contributed by atoms with Gasteiger partial charge in [-0.05, 0) is 17.8 Å². The van der Waals surface area contributed by atoms with Crippen LogP contribution < -0.4 is 11.1 Å². The fourth-order valence-electron chi connectivity index (χ4n) is 1.05. The molecule has 0 aliphatic carbocycles. The number of thiol groups is 1. The van der Waals surface area contributed by atoms with E-state index in [9.17, 15) is 0 Å². The van der Waals surface area contributed by atoms with Crippen molar-refractivity contribution in [1.29, 1.82) is 0 Å². The zero-order valence-corrected chi connectivity index (χ0v) is 8.81. The van der Waals surface area contributed by atoms with Gasteiger partial charge in [-0.1, -0.05) is 30.3 Å². The molecule has 0 aliphatic heterocycles. The first-order valence-electron chi connectivity index (χ1n) is 3.96. The third-order valence-electron chi connectivity index (χ3n) is 1.58. The van der Waals surface area contributed by atoms with Crippen molar-refractivity contribution in [3.63, 3.8) is 0 Å². The summed E-state index contributed by atoms with van der Waals surface area (Å²) in [5.74, 6) is 0. The van der Waals surface area contributed by atoms with Crippen LogP contribution in [0, 0.1) is 0 Å². The molecule has 0 fully saturated rings. The van der Waals surface area contributed by atoms with Crippen LogP contribution in [0.5, 0.6) is 0 Å². The Morgan fingerprint density at radius 2 is 2.08 bits per heavy atom. The molecule has 13 heavy (non-hydrogen) atoms. The zero-order chi connectivity index (χ0) is 9.68. The highest BCUT2D eigenvalue weighted by Gasteiger charge is 2.02. The van der Waals surface area contributed by atoms with E-state index < -0.39 is 0 Å². The van der Waals surface area contributed by atoms with Crippen LogP contribution in [0.15, 0.2) is 30.3 Å². The van der Waals surface area contributed by atoms with Crippen LogP contribution in [0.4, 0.5) is 0 Å². The first kappa shape index (κ1) is 10.3. The maximum Gasteiger partial charge on any atom is 0.164 e. The summed E-state index contributed by atoms with van der Waals surface area (Å²) >= 11 is 9.01. The lowest BCUT2D eigenvalue weighted by atomic mass is 10.1. The Hall–Kier alpha value is -0.740. The minimum atomic E-state index is -0.0140. The Kier molecular flexibility index (Phi) is 4.05. The number of hydrogen-bond acceptors (Lipinski definition) is 2.